The van der Waals surface area contributed by atoms with Gasteiger partial charge in [0.1, 0.15) is 16.7 Å². The number of H-pyrrole nitrogens is 1. The lowest BCUT2D eigenvalue weighted by Crippen LogP contribution is -2.14. The second-order valence-electron chi connectivity index (χ2n) is 8.38. The van der Waals surface area contributed by atoms with E-state index in [0.717, 1.165) is 45.4 Å². The van der Waals surface area contributed by atoms with Crippen LogP contribution in [-0.2, 0) is 0 Å². The van der Waals surface area contributed by atoms with Crippen molar-refractivity contribution in [1.29, 1.82) is 0 Å². The van der Waals surface area contributed by atoms with Crippen LogP contribution in [0.3, 0.4) is 0 Å². The van der Waals surface area contributed by atoms with E-state index in [1.54, 1.807) is 31.9 Å². The van der Waals surface area contributed by atoms with Gasteiger partial charge in [-0.25, -0.2) is 19.9 Å². The van der Waals surface area contributed by atoms with Crippen LogP contribution in [0.5, 0.6) is 5.88 Å². The fourth-order valence-electron chi connectivity index (χ4n) is 4.20. The van der Waals surface area contributed by atoms with Gasteiger partial charge in [-0.15, -0.1) is 0 Å². The van der Waals surface area contributed by atoms with E-state index in [4.69, 9.17) is 16.3 Å². The summed E-state index contributed by atoms with van der Waals surface area (Å²) >= 11 is 6.51. The predicted molar refractivity (Wildman–Crippen MR) is 140 cm³/mol. The number of nitrogens with zero attached hydrogens (tertiary/aromatic N) is 6. The van der Waals surface area contributed by atoms with Gasteiger partial charge in [0.05, 0.1) is 24.5 Å². The monoisotopic (exact) mass is 500 g/mol. The summed E-state index contributed by atoms with van der Waals surface area (Å²) in [5, 5.41) is 12.3. The SMILES string of the molecule is CCC(Nc1nc(C)nc(C)c1Cl)c1cc(-c2cnc3n[nH]c(-c4ccncc4)c3c2)cnc1OC. The number of anilines is 1. The molecule has 182 valence electrons. The fraction of sp³-hybridized carbons (Fsp3) is 0.231. The average Bonchev–Trinajstić information content (AvgIpc) is 3.33. The van der Waals surface area contributed by atoms with E-state index in [1.807, 2.05) is 26.0 Å². The highest BCUT2D eigenvalue weighted by atomic mass is 35.5. The van der Waals surface area contributed by atoms with Crippen LogP contribution in [0.1, 0.15) is 36.5 Å². The van der Waals surface area contributed by atoms with E-state index < -0.39 is 0 Å². The highest BCUT2D eigenvalue weighted by Gasteiger charge is 2.20. The van der Waals surface area contributed by atoms with Crippen LogP contribution in [0, 0.1) is 13.8 Å². The van der Waals surface area contributed by atoms with Crippen LogP contribution < -0.4 is 10.1 Å². The molecule has 2 N–H and O–H groups in total. The summed E-state index contributed by atoms with van der Waals surface area (Å²) in [6.45, 7) is 5.79. The Morgan fingerprint density at radius 2 is 1.78 bits per heavy atom. The first-order valence-corrected chi connectivity index (χ1v) is 11.9. The van der Waals surface area contributed by atoms with E-state index in [0.29, 0.717) is 28.2 Å². The number of halogens is 1. The standard InChI is InChI=1S/C26H25ClN8O/c1-5-21(33-25-22(27)14(2)31-15(3)32-25)19-10-17(13-30-26(19)36-4)18-11-20-23(16-6-8-28-9-7-16)34-35-24(20)29-12-18/h6-13,21H,5H2,1-4H3,(H,29,34,35)(H,31,32,33). The molecule has 0 aliphatic heterocycles. The number of hydrogen-bond donors (Lipinski definition) is 2. The predicted octanol–water partition coefficient (Wildman–Crippen LogP) is 5.71. The van der Waals surface area contributed by atoms with Crippen molar-refractivity contribution < 1.29 is 4.74 Å². The minimum Gasteiger partial charge on any atom is -0.481 e. The molecule has 36 heavy (non-hydrogen) atoms. The molecule has 0 spiro atoms. The van der Waals surface area contributed by atoms with Crippen LogP contribution in [-0.4, -0.2) is 42.2 Å². The number of methoxy groups -OCH3 is 1. The van der Waals surface area contributed by atoms with Gasteiger partial charge in [-0.1, -0.05) is 18.5 Å². The molecule has 5 aromatic heterocycles. The second kappa shape index (κ2) is 9.87. The zero-order chi connectivity index (χ0) is 25.2. The van der Waals surface area contributed by atoms with Crippen molar-refractivity contribution in [3.05, 3.63) is 71.2 Å². The third kappa shape index (κ3) is 4.45. The van der Waals surface area contributed by atoms with E-state index in [-0.39, 0.29) is 6.04 Å². The van der Waals surface area contributed by atoms with Gasteiger partial charge in [-0.05, 0) is 44.5 Å². The van der Waals surface area contributed by atoms with E-state index in [9.17, 15) is 0 Å². The number of hydrogen-bond acceptors (Lipinski definition) is 8. The van der Waals surface area contributed by atoms with Gasteiger partial charge in [0.25, 0.3) is 0 Å². The first-order chi connectivity index (χ1) is 17.5. The molecule has 0 aromatic carbocycles. The largest absolute Gasteiger partial charge is 0.481 e. The topological polar surface area (TPSA) is 114 Å². The number of aryl methyl sites for hydroxylation is 2. The number of aromatic nitrogens is 7. The van der Waals surface area contributed by atoms with Crippen LogP contribution in [0.25, 0.3) is 33.4 Å². The molecule has 5 heterocycles. The summed E-state index contributed by atoms with van der Waals surface area (Å²) in [6, 6.07) is 7.86. The van der Waals surface area contributed by atoms with Gasteiger partial charge >= 0.3 is 0 Å². The number of pyridine rings is 3. The van der Waals surface area contributed by atoms with Crippen molar-refractivity contribution >= 4 is 28.5 Å². The number of rotatable bonds is 7. The Morgan fingerprint density at radius 1 is 1.03 bits per heavy atom. The Labute approximate surface area is 213 Å². The van der Waals surface area contributed by atoms with Crippen molar-refractivity contribution in [3.8, 4) is 28.3 Å². The van der Waals surface area contributed by atoms with Gasteiger partial charge in [-0.3, -0.25) is 10.1 Å². The lowest BCUT2D eigenvalue weighted by atomic mass is 10.00. The number of nitrogens with one attached hydrogen (secondary N) is 2. The van der Waals surface area contributed by atoms with Crippen molar-refractivity contribution in [2.24, 2.45) is 0 Å². The molecule has 1 atom stereocenters. The van der Waals surface area contributed by atoms with Gasteiger partial charge in [-0.2, -0.15) is 5.10 Å². The first-order valence-electron chi connectivity index (χ1n) is 11.5. The van der Waals surface area contributed by atoms with Crippen LogP contribution in [0.4, 0.5) is 5.82 Å². The van der Waals surface area contributed by atoms with Crippen LogP contribution >= 0.6 is 11.6 Å². The average molecular weight is 501 g/mol. The molecular formula is C26H25ClN8O. The number of aromatic amines is 1. The summed E-state index contributed by atoms with van der Waals surface area (Å²) in [5.74, 6) is 1.77. The molecule has 0 bridgehead atoms. The zero-order valence-electron chi connectivity index (χ0n) is 20.4. The van der Waals surface area contributed by atoms with E-state index in [2.05, 4.69) is 59.5 Å². The summed E-state index contributed by atoms with van der Waals surface area (Å²) < 4.78 is 5.62. The Hall–Kier alpha value is -4.11. The molecule has 0 amide bonds. The minimum atomic E-state index is -0.142. The Bertz CT molecular complexity index is 1540. The molecule has 0 radical (unpaired) electrons. The van der Waals surface area contributed by atoms with Crippen molar-refractivity contribution in [3.63, 3.8) is 0 Å². The maximum absolute atomic E-state index is 6.51. The third-order valence-electron chi connectivity index (χ3n) is 6.01. The summed E-state index contributed by atoms with van der Waals surface area (Å²) in [7, 11) is 1.62. The fourth-order valence-corrected chi connectivity index (χ4v) is 4.34. The number of fused-ring (bicyclic) bond motifs is 1. The van der Waals surface area contributed by atoms with Crippen LogP contribution in [0.15, 0.2) is 49.1 Å². The third-order valence-corrected chi connectivity index (χ3v) is 6.46. The molecule has 0 saturated carbocycles. The molecule has 5 aromatic rings. The molecule has 9 nitrogen and oxygen atoms in total. The van der Waals surface area contributed by atoms with E-state index >= 15 is 0 Å². The van der Waals surface area contributed by atoms with Gasteiger partial charge in [0.15, 0.2) is 5.65 Å². The Balaban J connectivity index is 1.56. The highest BCUT2D eigenvalue weighted by molar-refractivity contribution is 6.33. The molecule has 0 saturated heterocycles. The first kappa shape index (κ1) is 23.6. The van der Waals surface area contributed by atoms with Gasteiger partial charge in [0.2, 0.25) is 5.88 Å². The smallest absolute Gasteiger partial charge is 0.218 e. The normalized spacial score (nSPS) is 12.0. The summed E-state index contributed by atoms with van der Waals surface area (Å²) in [6.07, 6.45) is 7.85. The second-order valence-corrected chi connectivity index (χ2v) is 8.75. The molecule has 0 aliphatic rings. The zero-order valence-corrected chi connectivity index (χ0v) is 21.1. The molecule has 0 aliphatic carbocycles. The maximum Gasteiger partial charge on any atom is 0.218 e. The molecule has 10 heteroatoms. The molecule has 0 fully saturated rings. The lowest BCUT2D eigenvalue weighted by molar-refractivity contribution is 0.389. The van der Waals surface area contributed by atoms with Crippen molar-refractivity contribution in [1.82, 2.24) is 35.1 Å². The highest BCUT2D eigenvalue weighted by Crippen LogP contribution is 2.35. The number of ether oxygens (including phenoxy) is 1. The quantitative estimate of drug-likeness (QED) is 0.292. The Morgan fingerprint density at radius 3 is 2.53 bits per heavy atom. The molecular weight excluding hydrogens is 476 g/mol. The van der Waals surface area contributed by atoms with Crippen molar-refractivity contribution in [2.75, 3.05) is 12.4 Å². The lowest BCUT2D eigenvalue weighted by Gasteiger charge is -2.21. The molecule has 5 rings (SSSR count). The van der Waals surface area contributed by atoms with Gasteiger partial charge in [0, 0.05) is 52.4 Å². The van der Waals surface area contributed by atoms with Crippen molar-refractivity contribution in [2.45, 2.75) is 33.2 Å². The van der Waals surface area contributed by atoms with E-state index in [1.165, 1.54) is 0 Å². The maximum atomic E-state index is 6.51. The summed E-state index contributed by atoms with van der Waals surface area (Å²) in [4.78, 5) is 22.1. The van der Waals surface area contributed by atoms with Crippen LogP contribution in [0.2, 0.25) is 5.02 Å². The van der Waals surface area contributed by atoms with Gasteiger partial charge < -0.3 is 10.1 Å². The molecule has 1 unspecified atom stereocenters. The summed E-state index contributed by atoms with van der Waals surface area (Å²) in [5.41, 5.74) is 5.96. The minimum absolute atomic E-state index is 0.142. The Kier molecular flexibility index (Phi) is 6.47.